The van der Waals surface area contributed by atoms with Crippen LogP contribution in [0.3, 0.4) is 0 Å². The van der Waals surface area contributed by atoms with Crippen molar-refractivity contribution in [2.24, 2.45) is 0 Å². The zero-order valence-corrected chi connectivity index (χ0v) is 8.90. The second-order valence-corrected chi connectivity index (χ2v) is 3.89. The van der Waals surface area contributed by atoms with Crippen LogP contribution in [0.15, 0.2) is 24.3 Å². The van der Waals surface area contributed by atoms with E-state index in [1.807, 2.05) is 31.2 Å². The number of hydrogen-bond donors (Lipinski definition) is 1. The van der Waals surface area contributed by atoms with Gasteiger partial charge in [0.15, 0.2) is 0 Å². The van der Waals surface area contributed by atoms with Gasteiger partial charge in [0.1, 0.15) is 5.75 Å². The van der Waals surface area contributed by atoms with E-state index in [1.54, 1.807) is 0 Å². The summed E-state index contributed by atoms with van der Waals surface area (Å²) in [5.74, 6) is 0.856. The number of aliphatic hydroxyl groups is 1. The minimum atomic E-state index is -0.201. The topological polar surface area (TPSA) is 38.7 Å². The van der Waals surface area contributed by atoms with Gasteiger partial charge in [0.2, 0.25) is 0 Å². The lowest BCUT2D eigenvalue weighted by molar-refractivity contribution is -0.0842. The number of hydrogen-bond acceptors (Lipinski definition) is 3. The summed E-state index contributed by atoms with van der Waals surface area (Å²) in [5, 5.41) is 9.39. The molecule has 15 heavy (non-hydrogen) atoms. The third-order valence-corrected chi connectivity index (χ3v) is 2.82. The van der Waals surface area contributed by atoms with Gasteiger partial charge in [-0.15, -0.1) is 0 Å². The molecule has 1 fully saturated rings. The van der Waals surface area contributed by atoms with E-state index in [1.165, 1.54) is 0 Å². The van der Waals surface area contributed by atoms with Crippen LogP contribution in [0.5, 0.6) is 5.75 Å². The molecule has 0 radical (unpaired) electrons. The molecule has 1 heterocycles. The monoisotopic (exact) mass is 208 g/mol. The fourth-order valence-corrected chi connectivity index (χ4v) is 1.78. The summed E-state index contributed by atoms with van der Waals surface area (Å²) in [5.41, 5.74) is 0.898. The van der Waals surface area contributed by atoms with Crippen molar-refractivity contribution in [3.63, 3.8) is 0 Å². The molecule has 0 bridgehead atoms. The van der Waals surface area contributed by atoms with Gasteiger partial charge in [0.25, 0.3) is 0 Å². The van der Waals surface area contributed by atoms with E-state index in [4.69, 9.17) is 9.47 Å². The van der Waals surface area contributed by atoms with E-state index in [0.29, 0.717) is 19.8 Å². The highest BCUT2D eigenvalue weighted by atomic mass is 16.5. The van der Waals surface area contributed by atoms with Gasteiger partial charge in [-0.05, 0) is 24.6 Å². The Kier molecular flexibility index (Phi) is 2.93. The average Bonchev–Trinajstić information content (AvgIpc) is 2.18. The third-order valence-electron chi connectivity index (χ3n) is 2.82. The molecule has 0 saturated carbocycles. The van der Waals surface area contributed by atoms with Crippen molar-refractivity contribution in [3.8, 4) is 5.75 Å². The number of aliphatic hydroxyl groups excluding tert-OH is 1. The van der Waals surface area contributed by atoms with Gasteiger partial charge >= 0.3 is 0 Å². The van der Waals surface area contributed by atoms with E-state index in [2.05, 4.69) is 0 Å². The molecule has 1 aliphatic heterocycles. The Hall–Kier alpha value is -1.06. The van der Waals surface area contributed by atoms with Crippen molar-refractivity contribution in [2.75, 3.05) is 26.4 Å². The highest BCUT2D eigenvalue weighted by Crippen LogP contribution is 2.33. The van der Waals surface area contributed by atoms with Crippen LogP contribution < -0.4 is 4.74 Å². The molecule has 0 aliphatic carbocycles. The Morgan fingerprint density at radius 1 is 1.47 bits per heavy atom. The average molecular weight is 208 g/mol. The highest BCUT2D eigenvalue weighted by Gasteiger charge is 2.39. The standard InChI is InChI=1S/C12H16O3/c1-2-15-11-5-3-4-10(6-11)12(7-13)8-14-9-12/h3-6,13H,2,7-9H2,1H3. The van der Waals surface area contributed by atoms with Crippen LogP contribution in [0, 0.1) is 0 Å². The van der Waals surface area contributed by atoms with Crippen molar-refractivity contribution >= 4 is 0 Å². The minimum Gasteiger partial charge on any atom is -0.494 e. The molecule has 0 atom stereocenters. The largest absolute Gasteiger partial charge is 0.494 e. The Labute approximate surface area is 89.6 Å². The summed E-state index contributed by atoms with van der Waals surface area (Å²) >= 11 is 0. The van der Waals surface area contributed by atoms with Crippen LogP contribution in [0.4, 0.5) is 0 Å². The van der Waals surface area contributed by atoms with Gasteiger partial charge in [0, 0.05) is 0 Å². The molecule has 2 rings (SSSR count). The quantitative estimate of drug-likeness (QED) is 0.811. The Bertz CT molecular complexity index is 326. The molecule has 3 nitrogen and oxygen atoms in total. The van der Waals surface area contributed by atoms with Crippen LogP contribution in [-0.4, -0.2) is 31.5 Å². The van der Waals surface area contributed by atoms with Gasteiger partial charge in [-0.25, -0.2) is 0 Å². The molecule has 1 N–H and O–H groups in total. The first-order valence-electron chi connectivity index (χ1n) is 5.23. The van der Waals surface area contributed by atoms with Crippen molar-refractivity contribution < 1.29 is 14.6 Å². The predicted octanol–water partition coefficient (Wildman–Crippen LogP) is 1.35. The molecule has 1 aliphatic rings. The molecule has 0 amide bonds. The maximum Gasteiger partial charge on any atom is 0.119 e. The van der Waals surface area contributed by atoms with Gasteiger partial charge in [-0.3, -0.25) is 0 Å². The summed E-state index contributed by atoms with van der Waals surface area (Å²) in [7, 11) is 0. The first kappa shape index (κ1) is 10.5. The van der Waals surface area contributed by atoms with E-state index in [-0.39, 0.29) is 12.0 Å². The molecular formula is C12H16O3. The van der Waals surface area contributed by atoms with Crippen molar-refractivity contribution in [1.82, 2.24) is 0 Å². The van der Waals surface area contributed by atoms with E-state index >= 15 is 0 Å². The number of benzene rings is 1. The third kappa shape index (κ3) is 1.85. The van der Waals surface area contributed by atoms with Crippen LogP contribution in [-0.2, 0) is 10.2 Å². The van der Waals surface area contributed by atoms with Crippen LogP contribution in [0.1, 0.15) is 12.5 Å². The normalized spacial score (nSPS) is 18.3. The van der Waals surface area contributed by atoms with Crippen molar-refractivity contribution in [3.05, 3.63) is 29.8 Å². The molecule has 0 aromatic heterocycles. The molecule has 1 saturated heterocycles. The van der Waals surface area contributed by atoms with Crippen molar-refractivity contribution in [1.29, 1.82) is 0 Å². The lowest BCUT2D eigenvalue weighted by Gasteiger charge is -2.40. The zero-order chi connectivity index (χ0) is 10.7. The van der Waals surface area contributed by atoms with Crippen LogP contribution in [0.2, 0.25) is 0 Å². The van der Waals surface area contributed by atoms with Crippen molar-refractivity contribution in [2.45, 2.75) is 12.3 Å². The summed E-state index contributed by atoms with van der Waals surface area (Å²) in [4.78, 5) is 0. The molecule has 1 aromatic carbocycles. The maximum absolute atomic E-state index is 9.39. The molecule has 82 valence electrons. The smallest absolute Gasteiger partial charge is 0.119 e. The lowest BCUT2D eigenvalue weighted by atomic mass is 9.79. The maximum atomic E-state index is 9.39. The van der Waals surface area contributed by atoms with Gasteiger partial charge in [-0.2, -0.15) is 0 Å². The predicted molar refractivity (Wildman–Crippen MR) is 57.2 cm³/mol. The SMILES string of the molecule is CCOc1cccc(C2(CO)COC2)c1. The Balaban J connectivity index is 2.23. The van der Waals surface area contributed by atoms with Crippen LogP contribution >= 0.6 is 0 Å². The fraction of sp³-hybridized carbons (Fsp3) is 0.500. The number of ether oxygens (including phenoxy) is 2. The first-order chi connectivity index (χ1) is 7.30. The highest BCUT2D eigenvalue weighted by molar-refractivity contribution is 5.35. The summed E-state index contributed by atoms with van der Waals surface area (Å²) in [6, 6.07) is 7.89. The second kappa shape index (κ2) is 4.21. The molecule has 0 unspecified atom stereocenters. The molecule has 0 spiro atoms. The lowest BCUT2D eigenvalue weighted by Crippen LogP contribution is -2.49. The van der Waals surface area contributed by atoms with Crippen LogP contribution in [0.25, 0.3) is 0 Å². The molecule has 3 heteroatoms. The van der Waals surface area contributed by atoms with Gasteiger partial charge < -0.3 is 14.6 Å². The van der Waals surface area contributed by atoms with E-state index in [0.717, 1.165) is 11.3 Å². The van der Waals surface area contributed by atoms with Gasteiger partial charge in [0.05, 0.1) is 31.8 Å². The Morgan fingerprint density at radius 3 is 2.80 bits per heavy atom. The Morgan fingerprint density at radius 2 is 2.27 bits per heavy atom. The van der Waals surface area contributed by atoms with E-state index in [9.17, 15) is 5.11 Å². The minimum absolute atomic E-state index is 0.128. The second-order valence-electron chi connectivity index (χ2n) is 3.89. The van der Waals surface area contributed by atoms with Gasteiger partial charge in [-0.1, -0.05) is 12.1 Å². The fourth-order valence-electron chi connectivity index (χ4n) is 1.78. The summed E-state index contributed by atoms with van der Waals surface area (Å²) in [6.45, 7) is 3.94. The molecule has 1 aromatic rings. The molecular weight excluding hydrogens is 192 g/mol. The van der Waals surface area contributed by atoms with E-state index < -0.39 is 0 Å². The first-order valence-corrected chi connectivity index (χ1v) is 5.23. The number of rotatable bonds is 4. The summed E-state index contributed by atoms with van der Waals surface area (Å²) < 4.78 is 10.6. The summed E-state index contributed by atoms with van der Waals surface area (Å²) in [6.07, 6.45) is 0. The zero-order valence-electron chi connectivity index (χ0n) is 8.90.